The van der Waals surface area contributed by atoms with Gasteiger partial charge in [0.05, 0.1) is 26.3 Å². The Labute approximate surface area is 167 Å². The Hall–Kier alpha value is -2.99. The summed E-state index contributed by atoms with van der Waals surface area (Å²) >= 11 is 1.61. The Morgan fingerprint density at radius 2 is 1.89 bits per heavy atom. The Morgan fingerprint density at radius 3 is 2.61 bits per heavy atom. The second-order valence-corrected chi connectivity index (χ2v) is 8.08. The Balaban J connectivity index is 1.62. The van der Waals surface area contributed by atoms with Crippen LogP contribution in [0, 0.1) is 6.92 Å². The van der Waals surface area contributed by atoms with E-state index in [9.17, 15) is 4.79 Å². The summed E-state index contributed by atoms with van der Waals surface area (Å²) in [6.45, 7) is 3.79. The number of carbonyl (C=O) groups excluding carboxylic acids is 1. The zero-order valence-corrected chi connectivity index (χ0v) is 16.5. The molecule has 142 valence electrons. The number of rotatable bonds is 6. The Kier molecular flexibility index (Phi) is 4.96. The fourth-order valence-electron chi connectivity index (χ4n) is 3.18. The number of aromatic nitrogens is 2. The van der Waals surface area contributed by atoms with Crippen LogP contribution in [-0.4, -0.2) is 16.1 Å². The van der Waals surface area contributed by atoms with Gasteiger partial charge in [-0.2, -0.15) is 0 Å². The number of carbonyl (C=O) groups is 1. The van der Waals surface area contributed by atoms with Gasteiger partial charge in [-0.15, -0.1) is 11.3 Å². The van der Waals surface area contributed by atoms with Crippen LogP contribution in [0.3, 0.4) is 0 Å². The first-order valence-electron chi connectivity index (χ1n) is 9.04. The molecule has 0 spiro atoms. The number of hydrogen-bond donors (Lipinski definition) is 0. The SMILES string of the molecule is Cc1cc(COC(=O)[C@@](C)(Cc2nc3ccccc3s2)c2ccccc2)on1. The number of esters is 1. The largest absolute Gasteiger partial charge is 0.457 e. The zero-order valence-electron chi connectivity index (χ0n) is 15.7. The van der Waals surface area contributed by atoms with Gasteiger partial charge in [0.15, 0.2) is 12.4 Å². The molecule has 0 radical (unpaired) electrons. The summed E-state index contributed by atoms with van der Waals surface area (Å²) in [6, 6.07) is 19.5. The molecular weight excluding hydrogens is 372 g/mol. The standard InChI is InChI=1S/C22H20N2O3S/c1-15-12-17(27-24-15)14-26-21(25)22(2,16-8-4-3-5-9-16)13-20-23-18-10-6-7-11-19(18)28-20/h3-12H,13-14H2,1-2H3/t22-/m0/s1. The average molecular weight is 392 g/mol. The van der Waals surface area contributed by atoms with E-state index in [-0.39, 0.29) is 12.6 Å². The summed E-state index contributed by atoms with van der Waals surface area (Å²) in [4.78, 5) is 17.9. The molecule has 2 aromatic carbocycles. The molecule has 0 N–H and O–H groups in total. The molecule has 6 heteroatoms. The Morgan fingerprint density at radius 1 is 1.14 bits per heavy atom. The van der Waals surface area contributed by atoms with Crippen molar-refractivity contribution in [2.75, 3.05) is 0 Å². The third-order valence-electron chi connectivity index (χ3n) is 4.73. The van der Waals surface area contributed by atoms with Gasteiger partial charge < -0.3 is 9.26 Å². The number of benzene rings is 2. The maximum Gasteiger partial charge on any atom is 0.317 e. The lowest BCUT2D eigenvalue weighted by atomic mass is 9.79. The van der Waals surface area contributed by atoms with Crippen molar-refractivity contribution in [2.45, 2.75) is 32.3 Å². The fraction of sp³-hybridized carbons (Fsp3) is 0.227. The molecule has 0 unspecified atom stereocenters. The van der Waals surface area contributed by atoms with Crippen LogP contribution in [0.25, 0.3) is 10.2 Å². The molecule has 4 rings (SSSR count). The molecule has 0 aliphatic heterocycles. The number of hydrogen-bond acceptors (Lipinski definition) is 6. The third kappa shape index (κ3) is 3.68. The molecule has 28 heavy (non-hydrogen) atoms. The first-order valence-corrected chi connectivity index (χ1v) is 9.86. The highest BCUT2D eigenvalue weighted by molar-refractivity contribution is 7.18. The van der Waals surface area contributed by atoms with Crippen molar-refractivity contribution >= 4 is 27.5 Å². The minimum absolute atomic E-state index is 0.0575. The molecule has 4 aromatic rings. The van der Waals surface area contributed by atoms with Crippen molar-refractivity contribution in [3.05, 3.63) is 82.7 Å². The molecule has 0 aliphatic rings. The summed E-state index contributed by atoms with van der Waals surface area (Å²) in [5, 5.41) is 4.74. The van der Waals surface area contributed by atoms with Gasteiger partial charge in [-0.3, -0.25) is 4.79 Å². The lowest BCUT2D eigenvalue weighted by Crippen LogP contribution is -2.36. The summed E-state index contributed by atoms with van der Waals surface area (Å²) in [7, 11) is 0. The van der Waals surface area contributed by atoms with E-state index in [0.717, 1.165) is 26.5 Å². The molecule has 0 amide bonds. The monoisotopic (exact) mass is 392 g/mol. The van der Waals surface area contributed by atoms with E-state index in [0.29, 0.717) is 12.2 Å². The Bertz CT molecular complexity index is 1070. The predicted molar refractivity (Wildman–Crippen MR) is 108 cm³/mol. The summed E-state index contributed by atoms with van der Waals surface area (Å²) in [5.74, 6) is 0.216. The number of nitrogens with zero attached hydrogens (tertiary/aromatic N) is 2. The summed E-state index contributed by atoms with van der Waals surface area (Å²) in [6.07, 6.45) is 0.463. The quantitative estimate of drug-likeness (QED) is 0.440. The van der Waals surface area contributed by atoms with Crippen LogP contribution < -0.4 is 0 Å². The van der Waals surface area contributed by atoms with E-state index in [1.165, 1.54) is 0 Å². The topological polar surface area (TPSA) is 65.2 Å². The van der Waals surface area contributed by atoms with Crippen LogP contribution in [0.4, 0.5) is 0 Å². The molecule has 1 atom stereocenters. The van der Waals surface area contributed by atoms with Crippen LogP contribution in [0.5, 0.6) is 0 Å². The predicted octanol–water partition coefficient (Wildman–Crippen LogP) is 4.84. The first kappa shape index (κ1) is 18.4. The van der Waals surface area contributed by atoms with Crippen LogP contribution in [0.15, 0.2) is 65.2 Å². The molecule has 0 bridgehead atoms. The summed E-state index contributed by atoms with van der Waals surface area (Å²) in [5.41, 5.74) is 1.74. The van der Waals surface area contributed by atoms with Gasteiger partial charge in [0.25, 0.3) is 0 Å². The number of fused-ring (bicyclic) bond motifs is 1. The van der Waals surface area contributed by atoms with Gasteiger partial charge in [-0.1, -0.05) is 47.6 Å². The van der Waals surface area contributed by atoms with Crippen molar-refractivity contribution in [1.29, 1.82) is 0 Å². The van der Waals surface area contributed by atoms with Crippen LogP contribution >= 0.6 is 11.3 Å². The zero-order chi connectivity index (χ0) is 19.6. The minimum Gasteiger partial charge on any atom is -0.457 e. The third-order valence-corrected chi connectivity index (χ3v) is 5.76. The van der Waals surface area contributed by atoms with Crippen molar-refractivity contribution in [2.24, 2.45) is 0 Å². The van der Waals surface area contributed by atoms with Gasteiger partial charge in [0.2, 0.25) is 0 Å². The molecular formula is C22H20N2O3S. The highest BCUT2D eigenvalue weighted by Crippen LogP contribution is 2.33. The average Bonchev–Trinajstić information content (AvgIpc) is 3.31. The van der Waals surface area contributed by atoms with E-state index in [1.807, 2.05) is 68.4 Å². The van der Waals surface area contributed by atoms with E-state index in [1.54, 1.807) is 17.4 Å². The molecule has 0 saturated carbocycles. The fourth-order valence-corrected chi connectivity index (χ4v) is 4.30. The molecule has 2 aromatic heterocycles. The molecule has 0 saturated heterocycles. The molecule has 0 aliphatic carbocycles. The van der Waals surface area contributed by atoms with E-state index in [2.05, 4.69) is 5.16 Å². The molecule has 5 nitrogen and oxygen atoms in total. The molecule has 0 fully saturated rings. The highest BCUT2D eigenvalue weighted by Gasteiger charge is 2.38. The summed E-state index contributed by atoms with van der Waals surface area (Å²) < 4.78 is 11.9. The minimum atomic E-state index is -0.857. The number of thiazole rings is 1. The van der Waals surface area contributed by atoms with Crippen molar-refractivity contribution in [3.8, 4) is 0 Å². The lowest BCUT2D eigenvalue weighted by Gasteiger charge is -2.27. The van der Waals surface area contributed by atoms with E-state index >= 15 is 0 Å². The van der Waals surface area contributed by atoms with Gasteiger partial charge in [0.1, 0.15) is 0 Å². The van der Waals surface area contributed by atoms with Crippen molar-refractivity contribution in [1.82, 2.24) is 10.1 Å². The van der Waals surface area contributed by atoms with Crippen LogP contribution in [0.1, 0.15) is 28.9 Å². The number of ether oxygens (including phenoxy) is 1. The first-order chi connectivity index (χ1) is 13.5. The second kappa shape index (κ2) is 7.56. The highest BCUT2D eigenvalue weighted by atomic mass is 32.1. The van der Waals surface area contributed by atoms with Crippen molar-refractivity contribution in [3.63, 3.8) is 0 Å². The maximum absolute atomic E-state index is 13.2. The van der Waals surface area contributed by atoms with Gasteiger partial charge in [-0.05, 0) is 31.5 Å². The van der Waals surface area contributed by atoms with E-state index < -0.39 is 5.41 Å². The number of para-hydroxylation sites is 1. The van der Waals surface area contributed by atoms with Crippen molar-refractivity contribution < 1.29 is 14.1 Å². The molecule has 2 heterocycles. The number of aryl methyl sites for hydroxylation is 1. The van der Waals surface area contributed by atoms with Crippen LogP contribution in [-0.2, 0) is 28.0 Å². The van der Waals surface area contributed by atoms with Crippen LogP contribution in [0.2, 0.25) is 0 Å². The van der Waals surface area contributed by atoms with Gasteiger partial charge in [0, 0.05) is 12.5 Å². The smallest absolute Gasteiger partial charge is 0.317 e. The second-order valence-electron chi connectivity index (χ2n) is 6.96. The lowest BCUT2D eigenvalue weighted by molar-refractivity contribution is -0.152. The van der Waals surface area contributed by atoms with E-state index in [4.69, 9.17) is 14.2 Å². The normalized spacial score (nSPS) is 13.4. The van der Waals surface area contributed by atoms with Gasteiger partial charge >= 0.3 is 5.97 Å². The maximum atomic E-state index is 13.2. The van der Waals surface area contributed by atoms with Gasteiger partial charge in [-0.25, -0.2) is 4.98 Å².